The molecule has 31 nitrogen and oxygen atoms in total. The zero-order chi connectivity index (χ0) is 95.4. The molecule has 0 atom stereocenters. The highest BCUT2D eigenvalue weighted by molar-refractivity contribution is 9.11. The average molecular weight is 2000 g/mol. The van der Waals surface area contributed by atoms with E-state index in [0.29, 0.717) is 101 Å². The molecule has 0 saturated heterocycles. The Morgan fingerprint density at radius 3 is 1.11 bits per heavy atom. The van der Waals surface area contributed by atoms with Gasteiger partial charge in [-0.3, -0.25) is 25.0 Å². The number of fused-ring (bicyclic) bond motifs is 4. The third kappa shape index (κ3) is 33.5. The monoisotopic (exact) mass is 1990 g/mol. The van der Waals surface area contributed by atoms with Crippen LogP contribution in [0.5, 0.6) is 0 Å². The van der Waals surface area contributed by atoms with E-state index in [1.165, 1.54) is 17.4 Å². The number of nitrogens with two attached hydrogens (primary N) is 1. The highest BCUT2D eigenvalue weighted by Crippen LogP contribution is 2.38. The van der Waals surface area contributed by atoms with Crippen molar-refractivity contribution in [3.05, 3.63) is 202 Å². The van der Waals surface area contributed by atoms with E-state index in [-0.39, 0.29) is 35.5 Å². The predicted octanol–water partition coefficient (Wildman–Crippen LogP) is 23.1. The normalized spacial score (nSPS) is 12.1. The molecule has 698 valence electrons. The number of nitrogen functional groups attached to an aromatic ring is 1. The minimum Gasteiger partial charge on any atom is -0.444 e. The zero-order valence-corrected chi connectivity index (χ0v) is 86.3. The summed E-state index contributed by atoms with van der Waals surface area (Å²) in [5, 5.41) is 57.2. The first kappa shape index (κ1) is 103. The average Bonchev–Trinajstić information content (AvgIpc) is 1.60. The van der Waals surface area contributed by atoms with Crippen molar-refractivity contribution in [2.45, 2.75) is 228 Å². The number of amides is 4. The van der Waals surface area contributed by atoms with Crippen LogP contribution in [0.25, 0.3) is 77.0 Å². The third-order valence-electron chi connectivity index (χ3n) is 19.5. The van der Waals surface area contributed by atoms with Gasteiger partial charge in [0.1, 0.15) is 49.4 Å². The van der Waals surface area contributed by atoms with Crippen molar-refractivity contribution >= 4 is 166 Å². The standard InChI is InChI=1S/C29H36BrN5O4SSi.C25H34N4O5Si.C25H36N4O3Si.C13H18BrN3O3Si/c1-29(2,3)39-28(37)31-15-19-8-7-9-20(12-19)22-13-21-16-32-35(18-38-10-11-41(4,5)6)25(21)14-23(22)33-26(36)24-17-40-27(30)34-24;1-25(2,3)34-24(30)26-15-18-8-7-9-19(12-18)21-13-20-16-27-28(17-33-10-11-35(4,5)6)22(20)14-23(21)29(31)32;1-25(2,3)32-24(30)27-15-18-8-7-9-19(12-18)21-13-20-16-28-29(23(20)14-22(21)26)17-31-10-11-33(4,5)6;1-21(2,3)5-4-20-9-16-12-7-13(17(18)19)11(14)6-10(12)8-15-16/h7-9,12-14,16-17H,10-11,15,18H2,1-6H3,(H,31,37)(H,33,36);7-9,12-14,16H,10-11,15,17H2,1-6H3,(H,26,30);7-9,12-14,16H,10-11,15,17,26H2,1-6H3,(H,27,30);6-8H,4-5,9H2,1-3H3. The summed E-state index contributed by atoms with van der Waals surface area (Å²) < 4.78 is 47.2. The summed E-state index contributed by atoms with van der Waals surface area (Å²) in [4.78, 5) is 75.7. The van der Waals surface area contributed by atoms with E-state index in [0.717, 1.165) is 102 Å². The van der Waals surface area contributed by atoms with Gasteiger partial charge in [0.25, 0.3) is 17.3 Å². The number of carbonyl (C=O) groups excluding carboxylic acids is 4. The van der Waals surface area contributed by atoms with Crippen molar-refractivity contribution in [2.75, 3.05) is 37.5 Å². The largest absolute Gasteiger partial charge is 0.444 e. The van der Waals surface area contributed by atoms with Crippen LogP contribution >= 0.6 is 43.2 Å². The maximum atomic E-state index is 13.1. The molecule has 0 aliphatic rings. The SMILES string of the molecule is CC(C)(C)OC(=O)NCc1cccc(-c2cc3cnn(COCC[Si](C)(C)C)c3cc2N)c1.CC(C)(C)OC(=O)NCc1cccc(-c2cc3cnn(COCC[Si](C)(C)C)c3cc2NC(=O)c2csc(Br)n2)c1.CC(C)(C)OC(=O)NCc1cccc(-c2cc3cnn(COCC[Si](C)(C)C)c3cc2[N+](=O)[O-])c1.C[Si](C)(C)CCOCn1ncc2cc(Br)c([N+](=O)[O-])cc21. The Morgan fingerprint density at radius 2 is 0.762 bits per heavy atom. The quantitative estimate of drug-likeness (QED) is 0.00637. The smallest absolute Gasteiger partial charge is 0.407 e. The number of hydrogen-bond acceptors (Lipinski definition) is 22. The number of nitro benzene ring substituents is 2. The van der Waals surface area contributed by atoms with Gasteiger partial charge in [0.2, 0.25) is 0 Å². The van der Waals surface area contributed by atoms with E-state index in [9.17, 15) is 39.4 Å². The predicted molar refractivity (Wildman–Crippen MR) is 534 cm³/mol. The number of rotatable bonds is 33. The fourth-order valence-electron chi connectivity index (χ4n) is 12.7. The van der Waals surface area contributed by atoms with Crippen molar-refractivity contribution in [1.29, 1.82) is 0 Å². The number of nitrogens with zero attached hydrogens (tertiary/aromatic N) is 11. The molecule has 12 rings (SSSR count). The van der Waals surface area contributed by atoms with Crippen LogP contribution in [-0.2, 0) is 79.7 Å². The molecule has 0 saturated carbocycles. The highest BCUT2D eigenvalue weighted by Gasteiger charge is 2.26. The topological polar surface area (TPSA) is 377 Å². The molecule has 12 aromatic rings. The molecule has 5 aromatic heterocycles. The van der Waals surface area contributed by atoms with Crippen LogP contribution < -0.4 is 27.0 Å². The Kier molecular flexibility index (Phi) is 35.9. The van der Waals surface area contributed by atoms with Crippen LogP contribution in [-0.4, -0.2) is 154 Å². The molecule has 5 heterocycles. The van der Waals surface area contributed by atoms with Gasteiger partial charge in [-0.25, -0.2) is 38.1 Å². The Hall–Kier alpha value is -10.4. The summed E-state index contributed by atoms with van der Waals surface area (Å²) in [7, 11) is -4.64. The minimum atomic E-state index is -1.20. The molecule has 38 heteroatoms. The lowest BCUT2D eigenvalue weighted by Crippen LogP contribution is -2.32. The lowest BCUT2D eigenvalue weighted by molar-refractivity contribution is -0.385. The molecule has 0 fully saturated rings. The Labute approximate surface area is 784 Å². The van der Waals surface area contributed by atoms with Crippen LogP contribution in [0.3, 0.4) is 0 Å². The molecule has 130 heavy (non-hydrogen) atoms. The maximum absolute atomic E-state index is 13.1. The van der Waals surface area contributed by atoms with Crippen molar-refractivity contribution in [2.24, 2.45) is 0 Å². The number of hydrogen-bond donors (Lipinski definition) is 5. The molecule has 6 N–H and O–H groups in total. The van der Waals surface area contributed by atoms with Crippen LogP contribution in [0.1, 0.15) is 89.5 Å². The second-order valence-electron chi connectivity index (χ2n) is 39.3. The second kappa shape index (κ2) is 45.1. The lowest BCUT2D eigenvalue weighted by Gasteiger charge is -2.19. The van der Waals surface area contributed by atoms with E-state index in [1.807, 2.05) is 143 Å². The number of nitro groups is 2. The Balaban J connectivity index is 0.000000200. The lowest BCUT2D eigenvalue weighted by atomic mass is 9.99. The van der Waals surface area contributed by atoms with E-state index >= 15 is 0 Å². The van der Waals surface area contributed by atoms with Gasteiger partial charge in [0.15, 0.2) is 3.92 Å². The van der Waals surface area contributed by atoms with E-state index < -0.39 is 72.3 Å². The number of alkyl carbamates (subject to hydrolysis) is 3. The molecule has 0 aliphatic heterocycles. The van der Waals surface area contributed by atoms with E-state index in [4.69, 9.17) is 38.9 Å². The summed E-state index contributed by atoms with van der Waals surface area (Å²) in [5.41, 5.74) is 17.0. The van der Waals surface area contributed by atoms with Gasteiger partial charge in [-0.1, -0.05) is 133 Å². The molecule has 0 spiro atoms. The summed E-state index contributed by atoms with van der Waals surface area (Å²) in [6, 6.07) is 41.9. The number of benzene rings is 7. The number of carbonyl (C=O) groups is 4. The summed E-state index contributed by atoms with van der Waals surface area (Å²) in [6.45, 7) is 49.1. The second-order valence-corrected chi connectivity index (χ2v) is 64.8. The van der Waals surface area contributed by atoms with Crippen molar-refractivity contribution in [3.8, 4) is 33.4 Å². The maximum Gasteiger partial charge on any atom is 0.407 e. The molecule has 0 unspecified atom stereocenters. The van der Waals surface area contributed by atoms with Crippen LogP contribution in [0.15, 0.2) is 160 Å². The number of halogens is 2. The van der Waals surface area contributed by atoms with Gasteiger partial charge >= 0.3 is 18.3 Å². The Morgan fingerprint density at radius 1 is 0.438 bits per heavy atom. The molecular weight excluding hydrogens is 1870 g/mol. The van der Waals surface area contributed by atoms with E-state index in [1.54, 1.807) is 77.0 Å². The number of ether oxygens (including phenoxy) is 7. The van der Waals surface area contributed by atoms with Crippen molar-refractivity contribution in [1.82, 2.24) is 60.1 Å². The highest BCUT2D eigenvalue weighted by atomic mass is 79.9. The summed E-state index contributed by atoms with van der Waals surface area (Å²) >= 11 is 7.89. The van der Waals surface area contributed by atoms with Gasteiger partial charge in [0.05, 0.1) is 72.4 Å². The van der Waals surface area contributed by atoms with Gasteiger partial charge < -0.3 is 60.2 Å². The van der Waals surface area contributed by atoms with Crippen molar-refractivity contribution in [3.63, 3.8) is 0 Å². The van der Waals surface area contributed by atoms with Crippen LogP contribution in [0.4, 0.5) is 37.1 Å². The van der Waals surface area contributed by atoms with Crippen molar-refractivity contribution < 1.29 is 62.2 Å². The van der Waals surface area contributed by atoms with Gasteiger partial charge in [-0.05, 0) is 206 Å². The molecular formula is C92H124Br2N16O15SSi4. The fourth-order valence-corrected chi connectivity index (χ4v) is 17.2. The first-order valence-electron chi connectivity index (χ1n) is 42.9. The molecule has 0 bridgehead atoms. The van der Waals surface area contributed by atoms with Crippen LogP contribution in [0.2, 0.25) is 103 Å². The first-order valence-corrected chi connectivity index (χ1v) is 60.2. The fraction of sp³-hybridized carbons (Fsp3) is 0.424. The minimum absolute atomic E-state index is 0.0152. The summed E-state index contributed by atoms with van der Waals surface area (Å²) in [5.74, 6) is -0.312. The van der Waals surface area contributed by atoms with E-state index in [2.05, 4.69) is 163 Å². The van der Waals surface area contributed by atoms with Gasteiger partial charge in [0, 0.05) is 134 Å². The Bertz CT molecular complexity index is 5930. The molecule has 7 aromatic carbocycles. The molecule has 0 radical (unpaired) electrons. The number of aromatic nitrogens is 9. The molecule has 4 amide bonds. The van der Waals surface area contributed by atoms with Gasteiger partial charge in [-0.15, -0.1) is 11.3 Å². The van der Waals surface area contributed by atoms with Gasteiger partial charge in [-0.2, -0.15) is 20.4 Å². The number of anilines is 2. The first-order chi connectivity index (χ1) is 60.8. The number of nitrogens with one attached hydrogen (secondary N) is 4. The zero-order valence-electron chi connectivity index (χ0n) is 78.3. The third-order valence-corrected chi connectivity index (χ3v) is 28.3. The summed E-state index contributed by atoms with van der Waals surface area (Å²) in [6.07, 6.45) is 5.59. The number of thiazole rings is 1. The molecule has 0 aliphatic carbocycles. The van der Waals surface area contributed by atoms with Crippen LogP contribution in [0, 0.1) is 20.2 Å².